The van der Waals surface area contributed by atoms with Gasteiger partial charge in [-0.25, -0.2) is 4.39 Å². The minimum absolute atomic E-state index is 0.0287. The van der Waals surface area contributed by atoms with Crippen molar-refractivity contribution in [2.75, 3.05) is 0 Å². The third kappa shape index (κ3) is 1.61. The molecule has 2 saturated carbocycles. The first-order chi connectivity index (χ1) is 10.1. The molecule has 2 amide bonds. The Balaban J connectivity index is 2.06. The monoisotopic (exact) mass is 311 g/mol. The molecular formula is C14H18FN3O4. The number of nitriles is 1. The van der Waals surface area contributed by atoms with E-state index in [0.29, 0.717) is 0 Å². The molecule has 0 aromatic rings. The summed E-state index contributed by atoms with van der Waals surface area (Å²) in [6.07, 6.45) is -0.658. The van der Waals surface area contributed by atoms with Gasteiger partial charge in [-0.3, -0.25) is 9.59 Å². The van der Waals surface area contributed by atoms with Crippen molar-refractivity contribution >= 4 is 11.8 Å². The summed E-state index contributed by atoms with van der Waals surface area (Å²) in [5, 5.41) is 12.0. The van der Waals surface area contributed by atoms with Crippen LogP contribution in [0.3, 0.4) is 0 Å². The third-order valence-electron chi connectivity index (χ3n) is 5.07. The molecule has 3 unspecified atom stereocenters. The number of halogens is 1. The van der Waals surface area contributed by atoms with Crippen LogP contribution in [-0.4, -0.2) is 41.0 Å². The van der Waals surface area contributed by atoms with E-state index in [0.717, 1.165) is 0 Å². The number of amides is 2. The van der Waals surface area contributed by atoms with E-state index in [-0.39, 0.29) is 18.6 Å². The maximum atomic E-state index is 15.1. The molecule has 3 rings (SSSR count). The van der Waals surface area contributed by atoms with Crippen molar-refractivity contribution < 1.29 is 23.5 Å². The Kier molecular flexibility index (Phi) is 2.88. The average molecular weight is 311 g/mol. The van der Waals surface area contributed by atoms with Crippen LogP contribution in [0.1, 0.15) is 27.2 Å². The number of nitrogens with zero attached hydrogens (tertiary/aromatic N) is 1. The molecule has 120 valence electrons. The molecular weight excluding hydrogens is 293 g/mol. The number of hydrogen-bond donors (Lipinski definition) is 2. The lowest BCUT2D eigenvalue weighted by Crippen LogP contribution is -2.55. The summed E-state index contributed by atoms with van der Waals surface area (Å²) in [4.78, 5) is 23.1. The molecule has 0 radical (unpaired) electrons. The fraction of sp³-hybridized carbons (Fsp3) is 0.786. The van der Waals surface area contributed by atoms with Gasteiger partial charge in [0.15, 0.2) is 5.79 Å². The van der Waals surface area contributed by atoms with Crippen LogP contribution in [0.15, 0.2) is 0 Å². The van der Waals surface area contributed by atoms with E-state index in [9.17, 15) is 14.9 Å². The molecule has 6 atom stereocenters. The molecule has 7 nitrogen and oxygen atoms in total. The van der Waals surface area contributed by atoms with Crippen LogP contribution in [-0.2, 0) is 19.1 Å². The molecule has 2 aliphatic carbocycles. The van der Waals surface area contributed by atoms with Gasteiger partial charge in [0.2, 0.25) is 11.6 Å². The van der Waals surface area contributed by atoms with Crippen LogP contribution in [0.4, 0.5) is 4.39 Å². The molecule has 0 aromatic heterocycles. The van der Waals surface area contributed by atoms with Crippen molar-refractivity contribution in [1.29, 1.82) is 5.26 Å². The summed E-state index contributed by atoms with van der Waals surface area (Å²) >= 11 is 0. The number of carbonyl (C=O) groups excluding carboxylic acids is 2. The number of alkyl halides is 1. The predicted octanol–water partition coefficient (Wildman–Crippen LogP) is -0.252. The first-order valence-electron chi connectivity index (χ1n) is 7.17. The lowest BCUT2D eigenvalue weighted by molar-refractivity contribution is -0.197. The molecule has 0 bridgehead atoms. The van der Waals surface area contributed by atoms with Crippen molar-refractivity contribution in [3.8, 4) is 6.07 Å². The van der Waals surface area contributed by atoms with Crippen LogP contribution in [0.5, 0.6) is 0 Å². The summed E-state index contributed by atoms with van der Waals surface area (Å²) in [5.74, 6) is -5.12. The van der Waals surface area contributed by atoms with E-state index >= 15 is 4.39 Å². The van der Waals surface area contributed by atoms with Crippen molar-refractivity contribution in [2.45, 2.75) is 56.4 Å². The van der Waals surface area contributed by atoms with Gasteiger partial charge in [0, 0.05) is 13.3 Å². The molecule has 1 aliphatic heterocycles. The first-order valence-corrected chi connectivity index (χ1v) is 7.17. The summed E-state index contributed by atoms with van der Waals surface area (Å²) in [7, 11) is 0. The average Bonchev–Trinajstić information content (AvgIpc) is 2.85. The van der Waals surface area contributed by atoms with E-state index < -0.39 is 40.6 Å². The normalized spacial score (nSPS) is 52.1. The second kappa shape index (κ2) is 4.18. The summed E-state index contributed by atoms with van der Waals surface area (Å²) in [6.45, 7) is 4.77. The number of fused-ring (bicyclic) bond motifs is 2. The Hall–Kier alpha value is -1.72. The van der Waals surface area contributed by atoms with Gasteiger partial charge < -0.3 is 20.5 Å². The van der Waals surface area contributed by atoms with Crippen LogP contribution >= 0.6 is 0 Å². The minimum atomic E-state index is -2.42. The molecule has 22 heavy (non-hydrogen) atoms. The van der Waals surface area contributed by atoms with E-state index in [4.69, 9.17) is 15.2 Å². The number of rotatable bonds is 2. The molecule has 8 heteroatoms. The number of nitrogens with two attached hydrogens (primary N) is 1. The van der Waals surface area contributed by atoms with E-state index in [1.807, 2.05) is 6.07 Å². The van der Waals surface area contributed by atoms with Crippen molar-refractivity contribution in [3.05, 3.63) is 0 Å². The number of ether oxygens (including phenoxy) is 2. The van der Waals surface area contributed by atoms with Gasteiger partial charge in [0.25, 0.3) is 5.91 Å². The lowest BCUT2D eigenvalue weighted by atomic mass is 9.88. The fourth-order valence-corrected chi connectivity index (χ4v) is 4.14. The lowest BCUT2D eigenvalue weighted by Gasteiger charge is -2.33. The summed E-state index contributed by atoms with van der Waals surface area (Å²) < 4.78 is 26.7. The van der Waals surface area contributed by atoms with Crippen LogP contribution in [0.2, 0.25) is 0 Å². The number of primary amides is 1. The Morgan fingerprint density at radius 2 is 1.86 bits per heavy atom. The number of carbonyl (C=O) groups is 2. The number of hydrogen-bond acceptors (Lipinski definition) is 5. The highest BCUT2D eigenvalue weighted by Crippen LogP contribution is 2.73. The smallest absolute Gasteiger partial charge is 0.256 e. The zero-order chi connectivity index (χ0) is 16.5. The van der Waals surface area contributed by atoms with E-state index in [1.54, 1.807) is 13.8 Å². The quantitative estimate of drug-likeness (QED) is 0.729. The minimum Gasteiger partial charge on any atom is -0.367 e. The highest BCUT2D eigenvalue weighted by atomic mass is 19.1. The Bertz CT molecular complexity index is 595. The van der Waals surface area contributed by atoms with Crippen molar-refractivity contribution in [2.24, 2.45) is 17.6 Å². The second-order valence-corrected chi connectivity index (χ2v) is 6.49. The zero-order valence-electron chi connectivity index (χ0n) is 12.6. The molecule has 0 aromatic carbocycles. The molecule has 1 heterocycles. The highest BCUT2D eigenvalue weighted by molar-refractivity contribution is 5.90. The van der Waals surface area contributed by atoms with Gasteiger partial charge in [-0.05, 0) is 13.8 Å². The Labute approximate surface area is 126 Å². The largest absolute Gasteiger partial charge is 0.367 e. The van der Waals surface area contributed by atoms with E-state index in [2.05, 4.69) is 5.32 Å². The molecule has 3 fully saturated rings. The standard InChI is InChI=1S/C14H18FN3O4/c1-6-7(2)22-13(21-6)4-12(5-16,18-8(3)19)9-10(13)14(9,15)11(17)20/h6-7,9-10H,4H2,1-3H3,(H2,17,20)(H,18,19)/t6?,7?,9-,10+,12?,13?,14+/m1/s1. The van der Waals surface area contributed by atoms with Gasteiger partial charge in [-0.2, -0.15) is 5.26 Å². The summed E-state index contributed by atoms with van der Waals surface area (Å²) in [6, 6.07) is 1.95. The Morgan fingerprint density at radius 1 is 1.32 bits per heavy atom. The van der Waals surface area contributed by atoms with Crippen molar-refractivity contribution in [3.63, 3.8) is 0 Å². The third-order valence-corrected chi connectivity index (χ3v) is 5.07. The van der Waals surface area contributed by atoms with Crippen LogP contribution in [0.25, 0.3) is 0 Å². The maximum Gasteiger partial charge on any atom is 0.256 e. The highest BCUT2D eigenvalue weighted by Gasteiger charge is 2.90. The molecule has 3 aliphatic rings. The SMILES string of the molecule is CC(=O)NC1(C#N)CC2(OC(C)C(C)O2)[C@@H]2[C@H]1[C@@]2(F)C(N)=O. The zero-order valence-corrected chi connectivity index (χ0v) is 12.6. The van der Waals surface area contributed by atoms with Gasteiger partial charge in [-0.15, -0.1) is 0 Å². The van der Waals surface area contributed by atoms with Gasteiger partial charge >= 0.3 is 0 Å². The number of nitrogens with one attached hydrogen (secondary N) is 1. The predicted molar refractivity (Wildman–Crippen MR) is 70.6 cm³/mol. The molecule has 1 spiro atoms. The van der Waals surface area contributed by atoms with Gasteiger partial charge in [-0.1, -0.05) is 0 Å². The first kappa shape index (κ1) is 15.2. The van der Waals surface area contributed by atoms with E-state index in [1.165, 1.54) is 6.92 Å². The maximum absolute atomic E-state index is 15.1. The van der Waals surface area contributed by atoms with Crippen LogP contribution < -0.4 is 11.1 Å². The molecule has 3 N–H and O–H groups in total. The second-order valence-electron chi connectivity index (χ2n) is 6.49. The van der Waals surface area contributed by atoms with Crippen molar-refractivity contribution in [1.82, 2.24) is 5.32 Å². The molecule has 1 saturated heterocycles. The Morgan fingerprint density at radius 3 is 2.27 bits per heavy atom. The van der Waals surface area contributed by atoms with Crippen LogP contribution in [0, 0.1) is 23.2 Å². The summed E-state index contributed by atoms with van der Waals surface area (Å²) in [5.41, 5.74) is 1.22. The fourth-order valence-electron chi connectivity index (χ4n) is 4.14. The van der Waals surface area contributed by atoms with Gasteiger partial charge in [0.05, 0.1) is 30.1 Å². The van der Waals surface area contributed by atoms with Gasteiger partial charge in [0.1, 0.15) is 5.54 Å². The topological polar surface area (TPSA) is 114 Å².